The molecule has 12 heteroatoms. The Morgan fingerprint density at radius 1 is 1.00 bits per heavy atom. The third kappa shape index (κ3) is 6.56. The van der Waals surface area contributed by atoms with E-state index in [4.69, 9.17) is 14.5 Å². The molecule has 7 rings (SSSR count). The summed E-state index contributed by atoms with van der Waals surface area (Å²) in [5.41, 5.74) is 6.70. The Morgan fingerprint density at radius 3 is 2.50 bits per heavy atom. The Kier molecular flexibility index (Phi) is 9.16. The van der Waals surface area contributed by atoms with Gasteiger partial charge in [0, 0.05) is 55.7 Å². The molecule has 0 aliphatic carbocycles. The Bertz CT molecular complexity index is 2310. The molecule has 2 aliphatic heterocycles. The summed E-state index contributed by atoms with van der Waals surface area (Å²) in [7, 11) is -0.699. The van der Waals surface area contributed by atoms with Crippen molar-refractivity contribution in [3.63, 3.8) is 0 Å². The van der Waals surface area contributed by atoms with Crippen LogP contribution in [0.1, 0.15) is 72.3 Å². The fourth-order valence-corrected chi connectivity index (χ4v) is 8.67. The van der Waals surface area contributed by atoms with Crippen molar-refractivity contribution in [2.75, 3.05) is 27.2 Å². The van der Waals surface area contributed by atoms with Gasteiger partial charge in [0.15, 0.2) is 5.65 Å². The van der Waals surface area contributed by atoms with Gasteiger partial charge in [-0.15, -0.1) is 0 Å². The molecule has 0 N–H and O–H groups in total. The molecule has 1 saturated heterocycles. The van der Waals surface area contributed by atoms with E-state index in [2.05, 4.69) is 17.1 Å². The topological polar surface area (TPSA) is 124 Å². The first kappa shape index (κ1) is 35.3. The van der Waals surface area contributed by atoms with Crippen LogP contribution in [0.25, 0.3) is 33.4 Å². The van der Waals surface area contributed by atoms with Crippen molar-refractivity contribution in [1.82, 2.24) is 23.7 Å². The average Bonchev–Trinajstić information content (AvgIpc) is 3.76. The number of nitrogens with zero attached hydrogens (tertiary/aromatic N) is 5. The molecule has 3 aromatic heterocycles. The van der Waals surface area contributed by atoms with Crippen LogP contribution in [0.5, 0.6) is 0 Å². The zero-order valence-corrected chi connectivity index (χ0v) is 31.2. The molecule has 0 radical (unpaired) electrons. The van der Waals surface area contributed by atoms with Gasteiger partial charge in [0.25, 0.3) is 15.9 Å². The molecule has 11 nitrogen and oxygen atoms in total. The molecule has 0 spiro atoms. The first-order valence-electron chi connectivity index (χ1n) is 17.5. The first-order chi connectivity index (χ1) is 24.7. The minimum absolute atomic E-state index is 0.176. The fraction of sp³-hybridized carbons (Fsp3) is 0.350. The van der Waals surface area contributed by atoms with Crippen molar-refractivity contribution in [3.05, 3.63) is 101 Å². The van der Waals surface area contributed by atoms with Crippen LogP contribution in [0, 0.1) is 6.92 Å². The van der Waals surface area contributed by atoms with E-state index in [1.807, 2.05) is 31.7 Å². The lowest BCUT2D eigenvalue weighted by Crippen LogP contribution is -2.36. The summed E-state index contributed by atoms with van der Waals surface area (Å²) in [6.45, 7) is 9.03. The highest BCUT2D eigenvalue weighted by Gasteiger charge is 2.36. The summed E-state index contributed by atoms with van der Waals surface area (Å²) < 4.78 is 41.4. The van der Waals surface area contributed by atoms with Gasteiger partial charge in [-0.2, -0.15) is 0 Å². The molecule has 0 bridgehead atoms. The lowest BCUT2D eigenvalue weighted by Gasteiger charge is -2.31. The summed E-state index contributed by atoms with van der Waals surface area (Å²) >= 11 is 0. The molecule has 2 aromatic carbocycles. The minimum Gasteiger partial charge on any atom is -0.444 e. The fourth-order valence-electron chi connectivity index (χ4n) is 7.12. The van der Waals surface area contributed by atoms with Gasteiger partial charge in [-0.25, -0.2) is 22.2 Å². The molecule has 5 heterocycles. The standard InChI is InChI=1S/C40H43N5O6S/c1-25-10-7-8-12-36(25)52(48,49)45-23-32(34-14-13-27(21-41-34)38(46)43(5)6)31-20-29(22-42-37(31)45)28-18-26-15-17-50-24-33(26)30(19-28)35-11-9-16-44(35)39(47)51-40(2,3)4/h7-8,10,12-14,18-23,35H,9,11,15-17,24H2,1-6H3/t35-/m0/s1. The monoisotopic (exact) mass is 721 g/mol. The van der Waals surface area contributed by atoms with Gasteiger partial charge in [0.1, 0.15) is 5.60 Å². The number of fused-ring (bicyclic) bond motifs is 2. The van der Waals surface area contributed by atoms with Crippen molar-refractivity contribution < 1.29 is 27.5 Å². The van der Waals surface area contributed by atoms with Gasteiger partial charge in [0.05, 0.1) is 35.4 Å². The molecule has 2 aliphatic rings. The number of hydrogen-bond acceptors (Lipinski definition) is 8. The van der Waals surface area contributed by atoms with Gasteiger partial charge in [0.2, 0.25) is 0 Å². The Balaban J connectivity index is 1.39. The highest BCUT2D eigenvalue weighted by Crippen LogP contribution is 2.41. The highest BCUT2D eigenvalue weighted by molar-refractivity contribution is 7.90. The second-order valence-corrected chi connectivity index (χ2v) is 16.5. The summed E-state index contributed by atoms with van der Waals surface area (Å²) in [4.78, 5) is 38.9. The van der Waals surface area contributed by atoms with Crippen LogP contribution in [-0.4, -0.2) is 77.0 Å². The van der Waals surface area contributed by atoms with Crippen LogP contribution < -0.4 is 0 Å². The molecule has 1 atom stereocenters. The van der Waals surface area contributed by atoms with Gasteiger partial charge < -0.3 is 19.3 Å². The molecular formula is C40H43N5O6S. The van der Waals surface area contributed by atoms with E-state index >= 15 is 0 Å². The third-order valence-corrected chi connectivity index (χ3v) is 11.5. The second-order valence-electron chi connectivity index (χ2n) is 14.7. The van der Waals surface area contributed by atoms with E-state index in [0.717, 1.165) is 47.1 Å². The Hall–Kier alpha value is -5.07. The highest BCUT2D eigenvalue weighted by atomic mass is 32.2. The molecule has 270 valence electrons. The number of benzene rings is 2. The van der Waals surface area contributed by atoms with Gasteiger partial charge >= 0.3 is 6.09 Å². The molecule has 1 fully saturated rings. The Labute approximate surface area is 304 Å². The van der Waals surface area contributed by atoms with Crippen molar-refractivity contribution in [2.24, 2.45) is 0 Å². The maximum atomic E-state index is 14.2. The third-order valence-electron chi connectivity index (χ3n) is 9.65. The van der Waals surface area contributed by atoms with Gasteiger partial charge in [-0.1, -0.05) is 24.3 Å². The van der Waals surface area contributed by atoms with Crippen molar-refractivity contribution >= 4 is 33.1 Å². The average molecular weight is 722 g/mol. The molecule has 52 heavy (non-hydrogen) atoms. The number of amides is 2. The van der Waals surface area contributed by atoms with E-state index in [0.29, 0.717) is 47.5 Å². The number of carbonyl (C=O) groups is 2. The summed E-state index contributed by atoms with van der Waals surface area (Å²) in [6, 6.07) is 16.3. The van der Waals surface area contributed by atoms with Crippen LogP contribution in [0.4, 0.5) is 4.79 Å². The van der Waals surface area contributed by atoms with E-state index in [1.165, 1.54) is 15.1 Å². The van der Waals surface area contributed by atoms with Crippen LogP contribution in [-0.2, 0) is 32.5 Å². The molecule has 5 aromatic rings. The normalized spacial score (nSPS) is 16.2. The number of hydrogen-bond donors (Lipinski definition) is 0. The lowest BCUT2D eigenvalue weighted by molar-refractivity contribution is 0.0221. The predicted molar refractivity (Wildman–Crippen MR) is 198 cm³/mol. The number of rotatable bonds is 6. The first-order valence-corrected chi connectivity index (χ1v) is 18.9. The van der Waals surface area contributed by atoms with Crippen LogP contribution in [0.3, 0.4) is 0 Å². The molecule has 0 saturated carbocycles. The Morgan fingerprint density at radius 2 is 1.79 bits per heavy atom. The van der Waals surface area contributed by atoms with Crippen LogP contribution in [0.2, 0.25) is 0 Å². The van der Waals surface area contributed by atoms with E-state index < -0.39 is 15.6 Å². The quantitative estimate of drug-likeness (QED) is 0.181. The molecule has 2 amide bonds. The van der Waals surface area contributed by atoms with E-state index in [-0.39, 0.29) is 28.6 Å². The van der Waals surface area contributed by atoms with Crippen LogP contribution >= 0.6 is 0 Å². The molecule has 0 unspecified atom stereocenters. The maximum absolute atomic E-state index is 14.2. The SMILES string of the molecule is Cc1ccccc1S(=O)(=O)n1cc(-c2ccc(C(=O)N(C)C)cn2)c2cc(-c3cc4c(c([C@@H]5CCCN5C(=O)OC(C)(C)C)c3)COCC4)cnc21. The van der Waals surface area contributed by atoms with Crippen LogP contribution in [0.15, 0.2) is 78.1 Å². The van der Waals surface area contributed by atoms with Gasteiger partial charge in [-0.05, 0) is 105 Å². The molecular weight excluding hydrogens is 679 g/mol. The van der Waals surface area contributed by atoms with E-state index in [1.54, 1.807) is 69.8 Å². The van der Waals surface area contributed by atoms with Crippen molar-refractivity contribution in [1.29, 1.82) is 0 Å². The summed E-state index contributed by atoms with van der Waals surface area (Å²) in [6.07, 6.45) is 6.82. The number of aryl methyl sites for hydroxylation is 1. The van der Waals surface area contributed by atoms with E-state index in [9.17, 15) is 18.0 Å². The number of likely N-dealkylation sites (tertiary alicyclic amines) is 1. The lowest BCUT2D eigenvalue weighted by atomic mass is 9.88. The summed E-state index contributed by atoms with van der Waals surface area (Å²) in [5, 5.41) is 0.590. The smallest absolute Gasteiger partial charge is 0.410 e. The number of aromatic nitrogens is 3. The predicted octanol–water partition coefficient (Wildman–Crippen LogP) is 7.16. The minimum atomic E-state index is -4.05. The summed E-state index contributed by atoms with van der Waals surface area (Å²) in [5.74, 6) is -0.186. The largest absolute Gasteiger partial charge is 0.444 e. The zero-order chi connectivity index (χ0) is 36.9. The van der Waals surface area contributed by atoms with Gasteiger partial charge in [-0.3, -0.25) is 9.78 Å². The maximum Gasteiger partial charge on any atom is 0.410 e. The number of ether oxygens (including phenoxy) is 2. The second kappa shape index (κ2) is 13.5. The number of carbonyl (C=O) groups excluding carboxylic acids is 2. The number of pyridine rings is 2. The van der Waals surface area contributed by atoms with Crippen molar-refractivity contribution in [2.45, 2.75) is 70.1 Å². The zero-order valence-electron chi connectivity index (χ0n) is 30.3. The van der Waals surface area contributed by atoms with Crippen molar-refractivity contribution in [3.8, 4) is 22.4 Å².